The summed E-state index contributed by atoms with van der Waals surface area (Å²) in [7, 11) is -4.01. The molecule has 2 aliphatic rings. The van der Waals surface area contributed by atoms with Crippen LogP contribution in [0, 0.1) is 0 Å². The molecule has 0 N–H and O–H groups in total. The molecular weight excluding hydrogens is 484 g/mol. The quantitative estimate of drug-likeness (QED) is 0.417. The number of rotatable bonds is 4. The summed E-state index contributed by atoms with van der Waals surface area (Å²) in [4.78, 5) is 22.5. The van der Waals surface area contributed by atoms with Gasteiger partial charge in [0, 0.05) is 50.0 Å². The predicted molar refractivity (Wildman–Crippen MR) is 144 cm³/mol. The van der Waals surface area contributed by atoms with Crippen molar-refractivity contribution in [3.05, 3.63) is 102 Å². The molecule has 3 heterocycles. The van der Waals surface area contributed by atoms with Gasteiger partial charge in [0.2, 0.25) is 15.9 Å². The maximum atomic E-state index is 14.2. The van der Waals surface area contributed by atoms with Gasteiger partial charge in [-0.3, -0.25) is 9.78 Å². The van der Waals surface area contributed by atoms with Crippen molar-refractivity contribution in [1.82, 2.24) is 14.2 Å². The van der Waals surface area contributed by atoms with Crippen molar-refractivity contribution in [2.45, 2.75) is 23.9 Å². The summed E-state index contributed by atoms with van der Waals surface area (Å²) in [6.07, 6.45) is 1.95. The molecule has 1 saturated heterocycles. The molecule has 4 aromatic rings. The molecule has 0 aliphatic carbocycles. The minimum absolute atomic E-state index is 0.136. The predicted octanol–water partition coefficient (Wildman–Crippen LogP) is 3.70. The number of hydrogen-bond donors (Lipinski definition) is 0. The van der Waals surface area contributed by atoms with Crippen molar-refractivity contribution in [2.75, 3.05) is 31.1 Å². The summed E-state index contributed by atoms with van der Waals surface area (Å²) in [6.45, 7) is 2.67. The molecule has 0 bridgehead atoms. The van der Waals surface area contributed by atoms with E-state index < -0.39 is 16.1 Å². The molecule has 6 rings (SSSR count). The molecule has 3 aromatic carbocycles. The fourth-order valence-corrected chi connectivity index (χ4v) is 7.13. The van der Waals surface area contributed by atoms with Gasteiger partial charge in [-0.15, -0.1) is 0 Å². The third kappa shape index (κ3) is 4.36. The van der Waals surface area contributed by atoms with E-state index in [0.717, 1.165) is 22.2 Å². The number of hydrogen-bond acceptors (Lipinski definition) is 5. The van der Waals surface area contributed by atoms with Crippen LogP contribution in [0.3, 0.4) is 0 Å². The number of carbonyl (C=O) groups is 1. The van der Waals surface area contributed by atoms with E-state index in [1.807, 2.05) is 59.5 Å². The summed E-state index contributed by atoms with van der Waals surface area (Å²) in [5, 5.41) is 0.751. The van der Waals surface area contributed by atoms with E-state index >= 15 is 0 Å². The smallest absolute Gasteiger partial charge is 0.246 e. The van der Waals surface area contributed by atoms with Gasteiger partial charge in [-0.05, 0) is 41.8 Å². The Bertz CT molecular complexity index is 1540. The standard InChI is InChI=1S/C29H28N4O3S/c34-29(32-18-16-31(17-19-32)25-12-2-1-3-13-25)26-20-23-8-4-5-9-24(23)21-33(26)37(35,36)27-14-6-10-22-11-7-15-30-28(22)27/h1-15,26H,16-21H2/t26-/m0/s1. The molecule has 7 nitrogen and oxygen atoms in total. The van der Waals surface area contributed by atoms with Crippen LogP contribution in [0.1, 0.15) is 11.1 Å². The van der Waals surface area contributed by atoms with E-state index in [1.54, 1.807) is 24.4 Å². The first-order chi connectivity index (χ1) is 18.0. The van der Waals surface area contributed by atoms with Crippen molar-refractivity contribution in [3.63, 3.8) is 0 Å². The van der Waals surface area contributed by atoms with Gasteiger partial charge in [0.25, 0.3) is 0 Å². The van der Waals surface area contributed by atoms with Crippen molar-refractivity contribution in [2.24, 2.45) is 0 Å². The number of sulfonamides is 1. The fraction of sp³-hybridized carbons (Fsp3) is 0.241. The Kier molecular flexibility index (Phi) is 6.14. The van der Waals surface area contributed by atoms with Gasteiger partial charge in [-0.1, -0.05) is 60.7 Å². The second-order valence-corrected chi connectivity index (χ2v) is 11.4. The third-order valence-corrected chi connectivity index (χ3v) is 9.27. The zero-order valence-electron chi connectivity index (χ0n) is 20.4. The number of pyridine rings is 1. The molecule has 1 atom stereocenters. The molecule has 0 spiro atoms. The lowest BCUT2D eigenvalue weighted by Gasteiger charge is -2.41. The number of piperazine rings is 1. The molecule has 0 unspecified atom stereocenters. The van der Waals surface area contributed by atoms with Crippen LogP contribution in [0.4, 0.5) is 5.69 Å². The summed E-state index contributed by atoms with van der Waals surface area (Å²) < 4.78 is 29.7. The number of carbonyl (C=O) groups excluding carboxylic acids is 1. The molecular formula is C29H28N4O3S. The van der Waals surface area contributed by atoms with E-state index in [1.165, 1.54) is 4.31 Å². The molecule has 1 amide bonds. The number of aromatic nitrogens is 1. The Hall–Kier alpha value is -3.75. The average molecular weight is 513 g/mol. The maximum Gasteiger partial charge on any atom is 0.246 e. The lowest BCUT2D eigenvalue weighted by molar-refractivity contribution is -0.136. The molecule has 37 heavy (non-hydrogen) atoms. The number of nitrogens with zero attached hydrogens (tertiary/aromatic N) is 4. The Morgan fingerprint density at radius 3 is 2.27 bits per heavy atom. The molecule has 1 fully saturated rings. The molecule has 1 aromatic heterocycles. The van der Waals surface area contributed by atoms with Crippen LogP contribution in [-0.4, -0.2) is 60.7 Å². The topological polar surface area (TPSA) is 73.8 Å². The second kappa shape index (κ2) is 9.61. The average Bonchev–Trinajstić information content (AvgIpc) is 2.96. The van der Waals surface area contributed by atoms with Crippen LogP contribution in [0.25, 0.3) is 10.9 Å². The molecule has 8 heteroatoms. The van der Waals surface area contributed by atoms with Crippen LogP contribution in [0.2, 0.25) is 0 Å². The molecule has 188 valence electrons. The van der Waals surface area contributed by atoms with Gasteiger partial charge >= 0.3 is 0 Å². The minimum Gasteiger partial charge on any atom is -0.368 e. The largest absolute Gasteiger partial charge is 0.368 e. The highest BCUT2D eigenvalue weighted by Crippen LogP contribution is 2.32. The normalized spacial score (nSPS) is 18.5. The van der Waals surface area contributed by atoms with E-state index in [4.69, 9.17) is 0 Å². The Balaban J connectivity index is 1.32. The van der Waals surface area contributed by atoms with Gasteiger partial charge in [-0.25, -0.2) is 8.42 Å². The lowest BCUT2D eigenvalue weighted by Crippen LogP contribution is -2.57. The third-order valence-electron chi connectivity index (χ3n) is 7.39. The SMILES string of the molecule is O=C([C@@H]1Cc2ccccc2CN1S(=O)(=O)c1cccc2cccnc12)N1CCN(c2ccccc2)CC1. The number of amides is 1. The zero-order chi connectivity index (χ0) is 25.4. The minimum atomic E-state index is -4.01. The van der Waals surface area contributed by atoms with Crippen molar-refractivity contribution in [3.8, 4) is 0 Å². The Morgan fingerprint density at radius 2 is 1.49 bits per heavy atom. The van der Waals surface area contributed by atoms with Gasteiger partial charge in [0.1, 0.15) is 10.9 Å². The van der Waals surface area contributed by atoms with Crippen molar-refractivity contribution in [1.29, 1.82) is 0 Å². The molecule has 2 aliphatic heterocycles. The molecule has 0 radical (unpaired) electrons. The van der Waals surface area contributed by atoms with E-state index in [2.05, 4.69) is 22.0 Å². The summed E-state index contributed by atoms with van der Waals surface area (Å²) in [6, 6.07) is 25.9. The fourth-order valence-electron chi connectivity index (χ4n) is 5.41. The van der Waals surface area contributed by atoms with E-state index in [0.29, 0.717) is 38.1 Å². The Labute approximate surface area is 217 Å². The van der Waals surface area contributed by atoms with Gasteiger partial charge < -0.3 is 9.80 Å². The maximum absolute atomic E-state index is 14.2. The first-order valence-electron chi connectivity index (χ1n) is 12.5. The van der Waals surface area contributed by atoms with Crippen LogP contribution < -0.4 is 4.90 Å². The van der Waals surface area contributed by atoms with Crippen LogP contribution in [0.5, 0.6) is 0 Å². The molecule has 0 saturated carbocycles. The summed E-state index contributed by atoms with van der Waals surface area (Å²) >= 11 is 0. The van der Waals surface area contributed by atoms with Crippen LogP contribution in [0.15, 0.2) is 96.0 Å². The van der Waals surface area contributed by atoms with Crippen molar-refractivity contribution < 1.29 is 13.2 Å². The monoisotopic (exact) mass is 512 g/mol. The highest BCUT2D eigenvalue weighted by Gasteiger charge is 2.42. The van der Waals surface area contributed by atoms with E-state index in [-0.39, 0.29) is 17.3 Å². The summed E-state index contributed by atoms with van der Waals surface area (Å²) in [5.74, 6) is -0.140. The van der Waals surface area contributed by atoms with E-state index in [9.17, 15) is 13.2 Å². The van der Waals surface area contributed by atoms with Crippen molar-refractivity contribution >= 4 is 32.5 Å². The van der Waals surface area contributed by atoms with Crippen LogP contribution >= 0.6 is 0 Å². The first kappa shape index (κ1) is 23.6. The van der Waals surface area contributed by atoms with Gasteiger partial charge in [0.15, 0.2) is 0 Å². The van der Waals surface area contributed by atoms with Crippen LogP contribution in [-0.2, 0) is 27.8 Å². The number of fused-ring (bicyclic) bond motifs is 2. The lowest BCUT2D eigenvalue weighted by atomic mass is 9.95. The van der Waals surface area contributed by atoms with Gasteiger partial charge in [-0.2, -0.15) is 4.31 Å². The van der Waals surface area contributed by atoms with Gasteiger partial charge in [0.05, 0.1) is 5.52 Å². The number of anilines is 1. The first-order valence-corrected chi connectivity index (χ1v) is 14.0. The summed E-state index contributed by atoms with van der Waals surface area (Å²) in [5.41, 5.74) is 3.50. The second-order valence-electron chi connectivity index (χ2n) is 9.52. The zero-order valence-corrected chi connectivity index (χ0v) is 21.2. The number of benzene rings is 3. The highest BCUT2D eigenvalue weighted by atomic mass is 32.2. The Morgan fingerprint density at radius 1 is 0.784 bits per heavy atom. The highest BCUT2D eigenvalue weighted by molar-refractivity contribution is 7.89. The number of para-hydroxylation sites is 2.